The fraction of sp³-hybridized carbons (Fsp3) is 0.649. The number of rotatable bonds is 17. The Morgan fingerprint density at radius 1 is 1.00 bits per heavy atom. The van der Waals surface area contributed by atoms with Gasteiger partial charge in [-0.3, -0.25) is 4.90 Å². The molecule has 2 aliphatic rings. The molecule has 0 saturated carbocycles. The van der Waals surface area contributed by atoms with Crippen molar-refractivity contribution in [3.8, 4) is 11.5 Å². The summed E-state index contributed by atoms with van der Waals surface area (Å²) in [5.74, 6) is 1.29. The smallest absolute Gasteiger partial charge is 0.407 e. The number of likely N-dealkylation sites (tertiary alicyclic amines) is 1. The zero-order valence-corrected chi connectivity index (χ0v) is 29.6. The largest absolute Gasteiger partial charge is 0.494 e. The zero-order chi connectivity index (χ0) is 34.7. The van der Waals surface area contributed by atoms with Gasteiger partial charge in [0.05, 0.1) is 63.0 Å². The molecule has 2 aromatic carbocycles. The van der Waals surface area contributed by atoms with E-state index in [1.165, 1.54) is 4.90 Å². The molecule has 0 bridgehead atoms. The fourth-order valence-electron chi connectivity index (χ4n) is 6.74. The first-order valence-electron chi connectivity index (χ1n) is 17.2. The van der Waals surface area contributed by atoms with Gasteiger partial charge in [0.1, 0.15) is 18.1 Å². The minimum absolute atomic E-state index is 0.0698. The summed E-state index contributed by atoms with van der Waals surface area (Å²) < 4.78 is 35.5. The number of fused-ring (bicyclic) bond motifs is 1. The molecule has 0 spiro atoms. The Hall–Kier alpha value is -3.09. The van der Waals surface area contributed by atoms with Crippen LogP contribution < -0.4 is 14.4 Å². The van der Waals surface area contributed by atoms with Crippen molar-refractivity contribution in [3.05, 3.63) is 53.6 Å². The molecule has 0 aliphatic carbocycles. The Bertz CT molecular complexity index is 1270. The molecule has 5 atom stereocenters. The second-order valence-electron chi connectivity index (χ2n) is 13.9. The summed E-state index contributed by atoms with van der Waals surface area (Å²) in [7, 11) is 3.41. The first-order chi connectivity index (χ1) is 23.0. The van der Waals surface area contributed by atoms with E-state index in [2.05, 4.69) is 11.0 Å². The quantitative estimate of drug-likeness (QED) is 0.207. The molecule has 1 fully saturated rings. The number of nitrogens with zero attached hydrogens (tertiary/aromatic N) is 2. The van der Waals surface area contributed by atoms with E-state index < -0.39 is 35.9 Å². The molecule has 268 valence electrons. The van der Waals surface area contributed by atoms with E-state index in [9.17, 15) is 15.0 Å². The summed E-state index contributed by atoms with van der Waals surface area (Å²) in [4.78, 5) is 16.6. The molecule has 11 heteroatoms. The summed E-state index contributed by atoms with van der Waals surface area (Å²) in [5, 5.41) is 20.7. The van der Waals surface area contributed by atoms with Crippen LogP contribution in [0.3, 0.4) is 0 Å². The maximum atomic E-state index is 12.8. The van der Waals surface area contributed by atoms with E-state index in [1.807, 2.05) is 57.2 Å². The molecular formula is C37H56N2O9. The Morgan fingerprint density at radius 2 is 1.71 bits per heavy atom. The number of carboxylic acid groups (broad SMARTS) is 1. The van der Waals surface area contributed by atoms with Crippen LogP contribution in [0.2, 0.25) is 0 Å². The lowest BCUT2D eigenvalue weighted by Gasteiger charge is -2.52. The van der Waals surface area contributed by atoms with Crippen molar-refractivity contribution in [1.29, 1.82) is 0 Å². The third-order valence-electron chi connectivity index (χ3n) is 8.94. The van der Waals surface area contributed by atoms with Gasteiger partial charge in [0, 0.05) is 39.9 Å². The summed E-state index contributed by atoms with van der Waals surface area (Å²) in [6.45, 7) is 12.5. The molecule has 1 unspecified atom stereocenters. The number of unbranched alkanes of at least 4 members (excludes halogenated alkanes) is 1. The molecule has 1 saturated heterocycles. The van der Waals surface area contributed by atoms with Crippen LogP contribution in [-0.2, 0) is 25.6 Å². The molecule has 2 N–H and O–H groups in total. The lowest BCUT2D eigenvalue weighted by atomic mass is 9.71. The molecule has 4 rings (SSSR count). The first kappa shape index (κ1) is 37.7. The highest BCUT2D eigenvalue weighted by atomic mass is 16.5. The van der Waals surface area contributed by atoms with Crippen molar-refractivity contribution in [2.75, 3.05) is 71.8 Å². The van der Waals surface area contributed by atoms with Crippen molar-refractivity contribution in [2.45, 2.75) is 83.8 Å². The van der Waals surface area contributed by atoms with E-state index in [0.29, 0.717) is 26.4 Å². The minimum atomic E-state index is -1.03. The van der Waals surface area contributed by atoms with E-state index in [4.69, 9.17) is 28.4 Å². The van der Waals surface area contributed by atoms with Gasteiger partial charge in [0.2, 0.25) is 0 Å². The second kappa shape index (κ2) is 18.1. The molecule has 48 heavy (non-hydrogen) atoms. The van der Waals surface area contributed by atoms with E-state index in [-0.39, 0.29) is 25.7 Å². The van der Waals surface area contributed by atoms with Gasteiger partial charge in [-0.2, -0.15) is 0 Å². The standard InChI is InChI=1S/C37H56N2O9/c1-26(40)24-48-34-33(28-11-13-29(14-12-28)45-20-8-7-18-43-5)32(23-39(36(41)42)35(34)37(2,3)4)47-25-27-10-15-31-30(22-27)38(17-21-46-31)16-9-19-44-6/h10-15,22,26,32-35,40H,7-9,16-21,23-25H2,1-6H3,(H,41,42)/t26-,32+,33-,34+,35?/m1/s1. The monoisotopic (exact) mass is 672 g/mol. The number of ether oxygens (including phenoxy) is 6. The van der Waals surface area contributed by atoms with Gasteiger partial charge in [0.15, 0.2) is 0 Å². The number of benzene rings is 2. The van der Waals surface area contributed by atoms with Gasteiger partial charge >= 0.3 is 6.09 Å². The van der Waals surface area contributed by atoms with Gasteiger partial charge in [-0.15, -0.1) is 0 Å². The van der Waals surface area contributed by atoms with Crippen molar-refractivity contribution in [1.82, 2.24) is 4.90 Å². The molecule has 11 nitrogen and oxygen atoms in total. The van der Waals surface area contributed by atoms with Gasteiger partial charge in [-0.1, -0.05) is 39.0 Å². The molecule has 0 radical (unpaired) electrons. The number of aliphatic hydroxyl groups excluding tert-OH is 1. The highest BCUT2D eigenvalue weighted by Gasteiger charge is 2.51. The summed E-state index contributed by atoms with van der Waals surface area (Å²) >= 11 is 0. The van der Waals surface area contributed by atoms with E-state index in [1.54, 1.807) is 21.1 Å². The van der Waals surface area contributed by atoms with Crippen molar-refractivity contribution < 1.29 is 43.4 Å². The lowest BCUT2D eigenvalue weighted by molar-refractivity contribution is -0.145. The van der Waals surface area contributed by atoms with Crippen LogP contribution in [0.4, 0.5) is 10.5 Å². The Kier molecular flexibility index (Phi) is 14.2. The van der Waals surface area contributed by atoms with Gasteiger partial charge < -0.3 is 43.5 Å². The maximum absolute atomic E-state index is 12.8. The normalized spacial score (nSPS) is 21.8. The van der Waals surface area contributed by atoms with Crippen LogP contribution in [0.1, 0.15) is 64.0 Å². The molecule has 2 heterocycles. The number of aliphatic hydroxyl groups is 1. The number of anilines is 1. The highest BCUT2D eigenvalue weighted by Crippen LogP contribution is 2.43. The average Bonchev–Trinajstić information content (AvgIpc) is 3.05. The number of hydrogen-bond donors (Lipinski definition) is 2. The number of methoxy groups -OCH3 is 2. The predicted molar refractivity (Wildman–Crippen MR) is 184 cm³/mol. The third kappa shape index (κ3) is 10.2. The number of amides is 1. The fourth-order valence-corrected chi connectivity index (χ4v) is 6.74. The SMILES string of the molecule is COCCCCOc1ccc([C@@H]2[C@@H](OCc3ccc4c(c3)N(CCCOC)CCO4)CN(C(=O)O)C(C(C)(C)C)[C@H]2OC[C@@H](C)O)cc1. The van der Waals surface area contributed by atoms with Crippen LogP contribution in [0.25, 0.3) is 0 Å². The number of carbonyl (C=O) groups is 1. The second-order valence-corrected chi connectivity index (χ2v) is 13.9. The van der Waals surface area contributed by atoms with Crippen LogP contribution in [0.5, 0.6) is 11.5 Å². The molecule has 2 aliphatic heterocycles. The number of piperidine rings is 1. The first-order valence-corrected chi connectivity index (χ1v) is 17.2. The molecular weight excluding hydrogens is 616 g/mol. The molecule has 2 aromatic rings. The van der Waals surface area contributed by atoms with Crippen LogP contribution in [0.15, 0.2) is 42.5 Å². The van der Waals surface area contributed by atoms with Crippen LogP contribution in [0, 0.1) is 5.41 Å². The maximum Gasteiger partial charge on any atom is 0.407 e. The van der Waals surface area contributed by atoms with Crippen molar-refractivity contribution >= 4 is 11.8 Å². The minimum Gasteiger partial charge on any atom is -0.494 e. The molecule has 1 amide bonds. The zero-order valence-electron chi connectivity index (χ0n) is 29.6. The Labute approximate surface area is 286 Å². The lowest BCUT2D eigenvalue weighted by Crippen LogP contribution is -2.64. The van der Waals surface area contributed by atoms with Crippen molar-refractivity contribution in [3.63, 3.8) is 0 Å². The summed E-state index contributed by atoms with van der Waals surface area (Å²) in [6.07, 6.45) is -0.123. The number of hydrogen-bond acceptors (Lipinski definition) is 9. The third-order valence-corrected chi connectivity index (χ3v) is 8.94. The van der Waals surface area contributed by atoms with E-state index >= 15 is 0 Å². The Morgan fingerprint density at radius 3 is 2.38 bits per heavy atom. The summed E-state index contributed by atoms with van der Waals surface area (Å²) in [5.41, 5.74) is 2.49. The Balaban J connectivity index is 1.63. The van der Waals surface area contributed by atoms with Crippen molar-refractivity contribution in [2.24, 2.45) is 5.41 Å². The topological polar surface area (TPSA) is 119 Å². The summed E-state index contributed by atoms with van der Waals surface area (Å²) in [6, 6.07) is 13.5. The highest BCUT2D eigenvalue weighted by molar-refractivity contribution is 5.66. The van der Waals surface area contributed by atoms with Gasteiger partial charge in [0.25, 0.3) is 0 Å². The molecule has 0 aromatic heterocycles. The van der Waals surface area contributed by atoms with E-state index in [0.717, 1.165) is 60.7 Å². The van der Waals surface area contributed by atoms with Gasteiger partial charge in [-0.25, -0.2) is 4.79 Å². The van der Waals surface area contributed by atoms with Crippen LogP contribution >= 0.6 is 0 Å². The predicted octanol–water partition coefficient (Wildman–Crippen LogP) is 5.57. The van der Waals surface area contributed by atoms with Crippen LogP contribution in [-0.4, -0.2) is 112 Å². The van der Waals surface area contributed by atoms with Gasteiger partial charge in [-0.05, 0) is 67.0 Å². The average molecular weight is 673 g/mol.